The lowest BCUT2D eigenvalue weighted by Gasteiger charge is -2.08. The molecule has 2 aromatic heterocycles. The van der Waals surface area contributed by atoms with Crippen LogP contribution < -0.4 is 5.36 Å². The van der Waals surface area contributed by atoms with Gasteiger partial charge in [0.05, 0.1) is 18.2 Å². The minimum atomic E-state index is 0.506. The van der Waals surface area contributed by atoms with Gasteiger partial charge in [-0.15, -0.1) is 0 Å². The molecule has 4 rings (SSSR count). The van der Waals surface area contributed by atoms with E-state index in [1.54, 1.807) is 6.26 Å². The molecule has 2 heterocycles. The number of furan rings is 1. The van der Waals surface area contributed by atoms with E-state index in [-0.39, 0.29) is 0 Å². The van der Waals surface area contributed by atoms with E-state index in [0.29, 0.717) is 12.5 Å². The Morgan fingerprint density at radius 2 is 1.78 bits per heavy atom. The van der Waals surface area contributed by atoms with Gasteiger partial charge in [-0.3, -0.25) is 4.99 Å². The van der Waals surface area contributed by atoms with Gasteiger partial charge in [0.15, 0.2) is 0 Å². The molecule has 0 aliphatic heterocycles. The molecule has 0 amide bonds. The summed E-state index contributed by atoms with van der Waals surface area (Å²) < 4.78 is 11.6. The third-order valence-electron chi connectivity index (χ3n) is 4.75. The first-order chi connectivity index (χ1) is 13.1. The highest BCUT2D eigenvalue weighted by molar-refractivity contribution is 5.79. The second-order valence-electron chi connectivity index (χ2n) is 7.17. The van der Waals surface area contributed by atoms with Crippen LogP contribution in [0.4, 0.5) is 0 Å². The van der Waals surface area contributed by atoms with Crippen LogP contribution in [0.3, 0.4) is 0 Å². The van der Waals surface area contributed by atoms with E-state index >= 15 is 0 Å². The summed E-state index contributed by atoms with van der Waals surface area (Å²) in [4.78, 5) is 4.80. The van der Waals surface area contributed by atoms with Gasteiger partial charge in [0.1, 0.15) is 17.1 Å². The lowest BCUT2D eigenvalue weighted by atomic mass is 10.0. The molecule has 3 heteroatoms. The van der Waals surface area contributed by atoms with Gasteiger partial charge in [0.2, 0.25) is 0 Å². The van der Waals surface area contributed by atoms with E-state index in [9.17, 15) is 0 Å². The van der Waals surface area contributed by atoms with Crippen LogP contribution in [0.5, 0.6) is 0 Å². The third-order valence-corrected chi connectivity index (χ3v) is 4.75. The van der Waals surface area contributed by atoms with Crippen molar-refractivity contribution in [2.75, 3.05) is 0 Å². The van der Waals surface area contributed by atoms with Gasteiger partial charge in [-0.25, -0.2) is 0 Å². The molecule has 0 aliphatic carbocycles. The highest BCUT2D eigenvalue weighted by Crippen LogP contribution is 2.25. The molecule has 0 N–H and O–H groups in total. The largest absolute Gasteiger partial charge is 0.467 e. The maximum absolute atomic E-state index is 6.20. The van der Waals surface area contributed by atoms with E-state index in [4.69, 9.17) is 13.8 Å². The molecule has 0 spiro atoms. The fourth-order valence-corrected chi connectivity index (χ4v) is 3.15. The molecule has 3 nitrogen and oxygen atoms in total. The Balaban J connectivity index is 1.84. The first-order valence-electron chi connectivity index (χ1n) is 9.28. The number of hydrogen-bond donors (Lipinski definition) is 0. The summed E-state index contributed by atoms with van der Waals surface area (Å²) >= 11 is 0. The smallest absolute Gasteiger partial charge is 0.136 e. The van der Waals surface area contributed by atoms with Crippen molar-refractivity contribution in [2.45, 2.75) is 33.2 Å². The Kier molecular flexibility index (Phi) is 4.68. The maximum atomic E-state index is 6.20. The Morgan fingerprint density at radius 3 is 2.48 bits per heavy atom. The zero-order valence-electron chi connectivity index (χ0n) is 15.9. The van der Waals surface area contributed by atoms with Crippen LogP contribution in [0.15, 0.2) is 80.8 Å². The quantitative estimate of drug-likeness (QED) is 0.434. The standard InChI is InChI=1S/C24H23NO2/c1-16(2)18-7-9-19(10-8-18)24-14-22(25-15-20-5-4-12-26-20)21-13-17(3)6-11-23(21)27-24/h4-14,16H,15H2,1-3H3. The fraction of sp³-hybridized carbons (Fsp3) is 0.208. The summed E-state index contributed by atoms with van der Waals surface area (Å²) in [6, 6.07) is 20.6. The molecule has 0 bridgehead atoms. The van der Waals surface area contributed by atoms with E-state index in [1.165, 1.54) is 11.1 Å². The van der Waals surface area contributed by atoms with Gasteiger partial charge in [-0.2, -0.15) is 0 Å². The number of aryl methyl sites for hydroxylation is 1. The molecule has 0 aliphatic rings. The minimum Gasteiger partial charge on any atom is -0.467 e. The van der Waals surface area contributed by atoms with Gasteiger partial charge < -0.3 is 8.83 Å². The molecule has 0 saturated heterocycles. The first-order valence-corrected chi connectivity index (χ1v) is 9.28. The molecule has 0 saturated carbocycles. The van der Waals surface area contributed by atoms with E-state index in [2.05, 4.69) is 57.2 Å². The lowest BCUT2D eigenvalue weighted by molar-refractivity contribution is 0.511. The van der Waals surface area contributed by atoms with Crippen LogP contribution >= 0.6 is 0 Å². The summed E-state index contributed by atoms with van der Waals surface area (Å²) in [6.07, 6.45) is 1.68. The predicted molar refractivity (Wildman–Crippen MR) is 108 cm³/mol. The summed E-state index contributed by atoms with van der Waals surface area (Å²) in [5.74, 6) is 2.17. The SMILES string of the molecule is Cc1ccc2oc(-c3ccc(C(C)C)cc3)cc(=NCc3ccco3)c2c1. The molecule has 4 aromatic rings. The highest BCUT2D eigenvalue weighted by Gasteiger charge is 2.08. The Bertz CT molecular complexity index is 1120. The molecule has 27 heavy (non-hydrogen) atoms. The molecule has 0 unspecified atom stereocenters. The molecule has 2 aromatic carbocycles. The average molecular weight is 357 g/mol. The third kappa shape index (κ3) is 3.72. The zero-order chi connectivity index (χ0) is 18.8. The van der Waals surface area contributed by atoms with Gasteiger partial charge in [-0.05, 0) is 42.7 Å². The van der Waals surface area contributed by atoms with Crippen LogP contribution in [0.1, 0.15) is 36.7 Å². The molecule has 0 radical (unpaired) electrons. The molecular formula is C24H23NO2. The van der Waals surface area contributed by atoms with Crippen molar-refractivity contribution in [2.24, 2.45) is 4.99 Å². The normalized spacial score (nSPS) is 12.2. The van der Waals surface area contributed by atoms with E-state index in [1.807, 2.05) is 24.3 Å². The van der Waals surface area contributed by atoms with E-state index in [0.717, 1.165) is 33.4 Å². The van der Waals surface area contributed by atoms with Gasteiger partial charge >= 0.3 is 0 Å². The summed E-state index contributed by atoms with van der Waals surface area (Å²) in [6.45, 7) is 6.98. The van der Waals surface area contributed by atoms with Gasteiger partial charge in [-0.1, -0.05) is 49.7 Å². The summed E-state index contributed by atoms with van der Waals surface area (Å²) in [5.41, 5.74) is 4.39. The zero-order valence-corrected chi connectivity index (χ0v) is 15.9. The number of hydrogen-bond acceptors (Lipinski definition) is 3. The van der Waals surface area contributed by atoms with Crippen LogP contribution in [0.2, 0.25) is 0 Å². The van der Waals surface area contributed by atoms with Gasteiger partial charge in [0, 0.05) is 17.0 Å². The topological polar surface area (TPSA) is 38.6 Å². The first kappa shape index (κ1) is 17.3. The van der Waals surface area contributed by atoms with Crippen molar-refractivity contribution < 1.29 is 8.83 Å². The second-order valence-corrected chi connectivity index (χ2v) is 7.17. The monoisotopic (exact) mass is 357 g/mol. The Morgan fingerprint density at radius 1 is 0.963 bits per heavy atom. The Hall–Kier alpha value is -3.07. The highest BCUT2D eigenvalue weighted by atomic mass is 16.3. The van der Waals surface area contributed by atoms with Crippen molar-refractivity contribution in [1.29, 1.82) is 0 Å². The average Bonchev–Trinajstić information content (AvgIpc) is 3.19. The molecule has 136 valence electrons. The maximum Gasteiger partial charge on any atom is 0.136 e. The fourth-order valence-electron chi connectivity index (χ4n) is 3.15. The van der Waals surface area contributed by atoms with Crippen molar-refractivity contribution >= 4 is 11.0 Å². The number of rotatable bonds is 4. The summed E-state index contributed by atoms with van der Waals surface area (Å²) in [7, 11) is 0. The van der Waals surface area contributed by atoms with E-state index < -0.39 is 0 Å². The summed E-state index contributed by atoms with van der Waals surface area (Å²) in [5, 5.41) is 1.93. The number of fused-ring (bicyclic) bond motifs is 1. The Labute approximate surface area is 159 Å². The van der Waals surface area contributed by atoms with Crippen LogP contribution in [0.25, 0.3) is 22.3 Å². The minimum absolute atomic E-state index is 0.506. The second kappa shape index (κ2) is 7.28. The van der Waals surface area contributed by atoms with Crippen LogP contribution in [0, 0.1) is 6.92 Å². The van der Waals surface area contributed by atoms with Crippen molar-refractivity contribution in [3.63, 3.8) is 0 Å². The lowest BCUT2D eigenvalue weighted by Crippen LogP contribution is -2.05. The predicted octanol–water partition coefficient (Wildman–Crippen LogP) is 6.23. The number of nitrogens with zero attached hydrogens (tertiary/aromatic N) is 1. The van der Waals surface area contributed by atoms with Gasteiger partial charge in [0.25, 0.3) is 0 Å². The van der Waals surface area contributed by atoms with Crippen LogP contribution in [-0.2, 0) is 6.54 Å². The number of benzene rings is 2. The van der Waals surface area contributed by atoms with Crippen LogP contribution in [-0.4, -0.2) is 0 Å². The molecule has 0 fully saturated rings. The van der Waals surface area contributed by atoms with Crippen molar-refractivity contribution in [3.8, 4) is 11.3 Å². The van der Waals surface area contributed by atoms with Crippen molar-refractivity contribution in [3.05, 3.63) is 89.2 Å². The molecule has 0 atom stereocenters. The van der Waals surface area contributed by atoms with Crippen molar-refractivity contribution in [1.82, 2.24) is 0 Å². The molecular weight excluding hydrogens is 334 g/mol.